The SMILES string of the molecule is CCOc1ccc(-n2c(COc3ccc(Cl)cc3)nnc2SCC(=O)Nc2ccc(Br)cc2)cc1. The Labute approximate surface area is 220 Å². The van der Waals surface area contributed by atoms with Gasteiger partial charge in [0.15, 0.2) is 11.0 Å². The molecule has 10 heteroatoms. The van der Waals surface area contributed by atoms with Crippen molar-refractivity contribution in [3.05, 3.63) is 88.1 Å². The molecular formula is C25H22BrClN4O3S. The first-order chi connectivity index (χ1) is 17.0. The van der Waals surface area contributed by atoms with Gasteiger partial charge in [-0.2, -0.15) is 0 Å². The molecule has 7 nitrogen and oxygen atoms in total. The van der Waals surface area contributed by atoms with Gasteiger partial charge in [-0.05, 0) is 79.7 Å². The Morgan fingerprint density at radius 3 is 2.31 bits per heavy atom. The highest BCUT2D eigenvalue weighted by Crippen LogP contribution is 2.25. The molecule has 1 N–H and O–H groups in total. The fourth-order valence-corrected chi connectivity index (χ4v) is 4.30. The van der Waals surface area contributed by atoms with Crippen molar-refractivity contribution in [3.8, 4) is 17.2 Å². The molecule has 1 heterocycles. The van der Waals surface area contributed by atoms with Crippen molar-refractivity contribution < 1.29 is 14.3 Å². The Bertz CT molecular complexity index is 1270. The lowest BCUT2D eigenvalue weighted by Gasteiger charge is -2.12. The van der Waals surface area contributed by atoms with E-state index in [1.54, 1.807) is 24.3 Å². The van der Waals surface area contributed by atoms with Crippen LogP contribution in [0.25, 0.3) is 5.69 Å². The minimum Gasteiger partial charge on any atom is -0.494 e. The summed E-state index contributed by atoms with van der Waals surface area (Å²) in [4.78, 5) is 12.5. The molecule has 4 aromatic rings. The second-order valence-electron chi connectivity index (χ2n) is 7.25. The molecule has 0 bridgehead atoms. The number of amides is 1. The Hall–Kier alpha value is -3.01. The Morgan fingerprint density at radius 2 is 1.63 bits per heavy atom. The summed E-state index contributed by atoms with van der Waals surface area (Å²) in [5, 5.41) is 12.8. The van der Waals surface area contributed by atoms with Gasteiger partial charge in [0.1, 0.15) is 18.1 Å². The molecular weight excluding hydrogens is 552 g/mol. The van der Waals surface area contributed by atoms with Crippen molar-refractivity contribution in [2.24, 2.45) is 0 Å². The highest BCUT2D eigenvalue weighted by molar-refractivity contribution is 9.10. The third-order valence-electron chi connectivity index (χ3n) is 4.75. The summed E-state index contributed by atoms with van der Waals surface area (Å²) in [6, 6.07) is 22.1. The molecule has 0 radical (unpaired) electrons. The van der Waals surface area contributed by atoms with E-state index in [0.717, 1.165) is 21.6 Å². The van der Waals surface area contributed by atoms with Crippen LogP contribution in [0.3, 0.4) is 0 Å². The summed E-state index contributed by atoms with van der Waals surface area (Å²) in [6.07, 6.45) is 0. The van der Waals surface area contributed by atoms with Crippen LogP contribution >= 0.6 is 39.3 Å². The first-order valence-electron chi connectivity index (χ1n) is 10.8. The summed E-state index contributed by atoms with van der Waals surface area (Å²) in [6.45, 7) is 2.71. The molecule has 0 aliphatic carbocycles. The zero-order chi connectivity index (χ0) is 24.6. The molecule has 0 spiro atoms. The number of hydrogen-bond donors (Lipinski definition) is 1. The van der Waals surface area contributed by atoms with E-state index in [1.807, 2.05) is 60.0 Å². The van der Waals surface area contributed by atoms with E-state index in [0.29, 0.717) is 28.4 Å². The Balaban J connectivity index is 1.51. The second-order valence-corrected chi connectivity index (χ2v) is 9.54. The maximum atomic E-state index is 12.5. The van der Waals surface area contributed by atoms with E-state index in [1.165, 1.54) is 11.8 Å². The minimum atomic E-state index is -0.141. The van der Waals surface area contributed by atoms with Crippen LogP contribution in [0.2, 0.25) is 5.02 Å². The molecule has 0 saturated carbocycles. The van der Waals surface area contributed by atoms with Gasteiger partial charge in [-0.3, -0.25) is 9.36 Å². The van der Waals surface area contributed by atoms with Crippen LogP contribution in [0, 0.1) is 0 Å². The van der Waals surface area contributed by atoms with Crippen molar-refractivity contribution in [2.45, 2.75) is 18.7 Å². The molecule has 0 fully saturated rings. The molecule has 0 unspecified atom stereocenters. The number of carbonyl (C=O) groups excluding carboxylic acids is 1. The standard InChI is InChI=1S/C25H22BrClN4O3S/c1-2-33-21-13-9-20(10-14-21)31-23(15-34-22-11-5-18(27)6-12-22)29-30-25(31)35-16-24(32)28-19-7-3-17(26)4-8-19/h3-14H,2,15-16H2,1H3,(H,28,32). The van der Waals surface area contributed by atoms with E-state index in [4.69, 9.17) is 21.1 Å². The fraction of sp³-hybridized carbons (Fsp3) is 0.160. The van der Waals surface area contributed by atoms with Gasteiger partial charge in [-0.15, -0.1) is 10.2 Å². The fourth-order valence-electron chi connectivity index (χ4n) is 3.14. The average molecular weight is 574 g/mol. The van der Waals surface area contributed by atoms with Crippen LogP contribution in [0.15, 0.2) is 82.4 Å². The molecule has 3 aromatic carbocycles. The lowest BCUT2D eigenvalue weighted by atomic mass is 10.3. The summed E-state index contributed by atoms with van der Waals surface area (Å²) in [5.41, 5.74) is 1.56. The summed E-state index contributed by atoms with van der Waals surface area (Å²) in [5.74, 6) is 2.06. The van der Waals surface area contributed by atoms with Crippen molar-refractivity contribution in [1.29, 1.82) is 0 Å². The smallest absolute Gasteiger partial charge is 0.234 e. The number of nitrogens with one attached hydrogen (secondary N) is 1. The molecule has 0 aliphatic rings. The first kappa shape index (κ1) is 25.1. The van der Waals surface area contributed by atoms with Crippen LogP contribution < -0.4 is 14.8 Å². The van der Waals surface area contributed by atoms with E-state index in [-0.39, 0.29) is 18.3 Å². The van der Waals surface area contributed by atoms with Gasteiger partial charge in [0.25, 0.3) is 0 Å². The van der Waals surface area contributed by atoms with Crippen molar-refractivity contribution in [2.75, 3.05) is 17.7 Å². The largest absolute Gasteiger partial charge is 0.494 e. The number of hydrogen-bond acceptors (Lipinski definition) is 6. The van der Waals surface area contributed by atoms with Crippen LogP contribution in [0.4, 0.5) is 5.69 Å². The van der Waals surface area contributed by atoms with Gasteiger partial charge in [-0.1, -0.05) is 39.3 Å². The molecule has 180 valence electrons. The summed E-state index contributed by atoms with van der Waals surface area (Å²) in [7, 11) is 0. The van der Waals surface area contributed by atoms with Gasteiger partial charge in [-0.25, -0.2) is 0 Å². The van der Waals surface area contributed by atoms with Crippen LogP contribution in [0.1, 0.15) is 12.7 Å². The molecule has 0 atom stereocenters. The average Bonchev–Trinajstić information content (AvgIpc) is 3.27. The number of rotatable bonds is 10. The van der Waals surface area contributed by atoms with Crippen molar-refractivity contribution in [1.82, 2.24) is 14.8 Å². The lowest BCUT2D eigenvalue weighted by molar-refractivity contribution is -0.113. The summed E-state index contributed by atoms with van der Waals surface area (Å²) < 4.78 is 14.3. The lowest BCUT2D eigenvalue weighted by Crippen LogP contribution is -2.14. The van der Waals surface area contributed by atoms with Crippen LogP contribution in [-0.4, -0.2) is 33.0 Å². The minimum absolute atomic E-state index is 0.141. The highest BCUT2D eigenvalue weighted by atomic mass is 79.9. The monoisotopic (exact) mass is 572 g/mol. The van der Waals surface area contributed by atoms with E-state index >= 15 is 0 Å². The second kappa shape index (κ2) is 12.1. The third-order valence-corrected chi connectivity index (χ3v) is 6.46. The van der Waals surface area contributed by atoms with Crippen LogP contribution in [-0.2, 0) is 11.4 Å². The number of thioether (sulfide) groups is 1. The quantitative estimate of drug-likeness (QED) is 0.222. The third kappa shape index (κ3) is 7.00. The van der Waals surface area contributed by atoms with Crippen molar-refractivity contribution in [3.63, 3.8) is 0 Å². The molecule has 1 aromatic heterocycles. The van der Waals surface area contributed by atoms with Crippen molar-refractivity contribution >= 4 is 50.9 Å². The Morgan fingerprint density at radius 1 is 0.971 bits per heavy atom. The molecule has 1 amide bonds. The van der Waals surface area contributed by atoms with E-state index in [9.17, 15) is 4.79 Å². The molecule has 35 heavy (non-hydrogen) atoms. The number of benzene rings is 3. The highest BCUT2D eigenvalue weighted by Gasteiger charge is 2.17. The van der Waals surface area contributed by atoms with E-state index < -0.39 is 0 Å². The number of halogens is 2. The predicted octanol–water partition coefficient (Wildman–Crippen LogP) is 6.39. The number of carbonyl (C=O) groups is 1. The maximum Gasteiger partial charge on any atom is 0.234 e. The van der Waals surface area contributed by atoms with E-state index in [2.05, 4.69) is 31.4 Å². The first-order valence-corrected chi connectivity index (χ1v) is 12.9. The van der Waals surface area contributed by atoms with Crippen LogP contribution in [0.5, 0.6) is 11.5 Å². The number of anilines is 1. The summed E-state index contributed by atoms with van der Waals surface area (Å²) >= 11 is 10.6. The zero-order valence-electron chi connectivity index (χ0n) is 18.8. The van der Waals surface area contributed by atoms with Gasteiger partial charge >= 0.3 is 0 Å². The topological polar surface area (TPSA) is 78.3 Å². The number of aromatic nitrogens is 3. The van der Waals surface area contributed by atoms with Gasteiger partial charge < -0.3 is 14.8 Å². The van der Waals surface area contributed by atoms with Gasteiger partial charge in [0.2, 0.25) is 5.91 Å². The van der Waals surface area contributed by atoms with Gasteiger partial charge in [0, 0.05) is 20.9 Å². The normalized spacial score (nSPS) is 10.7. The predicted molar refractivity (Wildman–Crippen MR) is 142 cm³/mol. The zero-order valence-corrected chi connectivity index (χ0v) is 21.9. The number of nitrogens with zero attached hydrogens (tertiary/aromatic N) is 3. The molecule has 0 aliphatic heterocycles. The number of ether oxygens (including phenoxy) is 2. The molecule has 4 rings (SSSR count). The molecule has 0 saturated heterocycles. The van der Waals surface area contributed by atoms with Gasteiger partial charge in [0.05, 0.1) is 12.4 Å². The maximum absolute atomic E-state index is 12.5. The Kier molecular flexibility index (Phi) is 8.68.